The lowest BCUT2D eigenvalue weighted by Crippen LogP contribution is -2.46. The Balaban J connectivity index is 1.99. The van der Waals surface area contributed by atoms with Crippen LogP contribution in [-0.2, 0) is 16.0 Å². The van der Waals surface area contributed by atoms with Crippen molar-refractivity contribution in [2.75, 3.05) is 19.7 Å². The second-order valence-corrected chi connectivity index (χ2v) is 5.89. The number of hydrogen-bond donors (Lipinski definition) is 1. The number of ether oxygens (including phenoxy) is 1. The molecule has 5 nitrogen and oxygen atoms in total. The topological polar surface area (TPSA) is 58.6 Å². The molecule has 1 aliphatic rings. The van der Waals surface area contributed by atoms with Gasteiger partial charge in [0.2, 0.25) is 11.8 Å². The average molecular weight is 304 g/mol. The summed E-state index contributed by atoms with van der Waals surface area (Å²) in [5, 5.41) is 2.82. The Morgan fingerprint density at radius 3 is 2.77 bits per heavy atom. The van der Waals surface area contributed by atoms with Gasteiger partial charge < -0.3 is 15.0 Å². The maximum Gasteiger partial charge on any atom is 0.239 e. The molecule has 0 saturated carbocycles. The molecule has 1 heterocycles. The van der Waals surface area contributed by atoms with Crippen LogP contribution in [0.15, 0.2) is 24.3 Å². The van der Waals surface area contributed by atoms with Crippen LogP contribution in [0, 0.1) is 5.92 Å². The summed E-state index contributed by atoms with van der Waals surface area (Å²) >= 11 is 0. The van der Waals surface area contributed by atoms with E-state index in [0.29, 0.717) is 19.6 Å². The molecule has 0 spiro atoms. The van der Waals surface area contributed by atoms with Gasteiger partial charge in [-0.1, -0.05) is 18.2 Å². The maximum absolute atomic E-state index is 12.6. The number of carbonyl (C=O) groups excluding carboxylic acids is 2. The SMILES string of the molecule is CCN(CC(=O)NC(C)C)C(=O)C1COc2ccccc2C1. The zero-order chi connectivity index (χ0) is 16.1. The molecule has 0 saturated heterocycles. The summed E-state index contributed by atoms with van der Waals surface area (Å²) < 4.78 is 5.67. The van der Waals surface area contributed by atoms with E-state index >= 15 is 0 Å². The minimum absolute atomic E-state index is 0.0177. The van der Waals surface area contributed by atoms with Crippen LogP contribution in [0.2, 0.25) is 0 Å². The second-order valence-electron chi connectivity index (χ2n) is 5.89. The lowest BCUT2D eigenvalue weighted by Gasteiger charge is -2.29. The summed E-state index contributed by atoms with van der Waals surface area (Å²) in [6.07, 6.45) is 0.664. The smallest absolute Gasteiger partial charge is 0.239 e. The number of amides is 2. The van der Waals surface area contributed by atoms with Crippen LogP contribution < -0.4 is 10.1 Å². The first kappa shape index (κ1) is 16.3. The molecule has 22 heavy (non-hydrogen) atoms. The average Bonchev–Trinajstić information content (AvgIpc) is 2.50. The minimum atomic E-state index is -0.221. The normalized spacial score (nSPS) is 16.6. The second kappa shape index (κ2) is 7.29. The number of carbonyl (C=O) groups is 2. The molecule has 0 aliphatic carbocycles. The first-order chi connectivity index (χ1) is 10.5. The molecule has 1 aromatic carbocycles. The molecule has 2 amide bonds. The Bertz CT molecular complexity index is 542. The molecular weight excluding hydrogens is 280 g/mol. The predicted octanol–water partition coefficient (Wildman–Crippen LogP) is 1.61. The van der Waals surface area contributed by atoms with Gasteiger partial charge in [-0.25, -0.2) is 0 Å². The lowest BCUT2D eigenvalue weighted by molar-refractivity contribution is -0.140. The van der Waals surface area contributed by atoms with Crippen molar-refractivity contribution in [1.29, 1.82) is 0 Å². The number of nitrogens with zero attached hydrogens (tertiary/aromatic N) is 1. The van der Waals surface area contributed by atoms with Crippen LogP contribution in [0.4, 0.5) is 0 Å². The van der Waals surface area contributed by atoms with Crippen LogP contribution in [0.25, 0.3) is 0 Å². The molecule has 0 bridgehead atoms. The Labute approximate surface area is 131 Å². The Hall–Kier alpha value is -2.04. The van der Waals surface area contributed by atoms with E-state index in [9.17, 15) is 9.59 Å². The predicted molar refractivity (Wildman–Crippen MR) is 84.7 cm³/mol. The fourth-order valence-electron chi connectivity index (χ4n) is 2.63. The highest BCUT2D eigenvalue weighted by molar-refractivity contribution is 5.86. The van der Waals surface area contributed by atoms with Crippen molar-refractivity contribution in [3.05, 3.63) is 29.8 Å². The fourth-order valence-corrected chi connectivity index (χ4v) is 2.63. The number of fused-ring (bicyclic) bond motifs is 1. The van der Waals surface area contributed by atoms with Gasteiger partial charge in [0.1, 0.15) is 12.4 Å². The molecular formula is C17H24N2O3. The van der Waals surface area contributed by atoms with Crippen molar-refractivity contribution in [3.8, 4) is 5.75 Å². The van der Waals surface area contributed by atoms with E-state index in [4.69, 9.17) is 4.74 Å². The van der Waals surface area contributed by atoms with Crippen molar-refractivity contribution in [2.24, 2.45) is 5.92 Å². The molecule has 5 heteroatoms. The van der Waals surface area contributed by atoms with Gasteiger partial charge in [0, 0.05) is 12.6 Å². The van der Waals surface area contributed by atoms with E-state index in [1.807, 2.05) is 45.0 Å². The standard InChI is InChI=1S/C17H24N2O3/c1-4-19(10-16(20)18-12(2)3)17(21)14-9-13-7-5-6-8-15(13)22-11-14/h5-8,12,14H,4,9-11H2,1-3H3,(H,18,20). The van der Waals surface area contributed by atoms with Crippen molar-refractivity contribution >= 4 is 11.8 Å². The van der Waals surface area contributed by atoms with Gasteiger partial charge in [-0.2, -0.15) is 0 Å². The molecule has 1 aliphatic heterocycles. The quantitative estimate of drug-likeness (QED) is 0.899. The van der Waals surface area contributed by atoms with E-state index in [-0.39, 0.29) is 30.3 Å². The molecule has 1 atom stereocenters. The third-order valence-corrected chi connectivity index (χ3v) is 3.71. The van der Waals surface area contributed by atoms with Crippen molar-refractivity contribution < 1.29 is 14.3 Å². The van der Waals surface area contributed by atoms with Gasteiger partial charge in [-0.3, -0.25) is 9.59 Å². The number of hydrogen-bond acceptors (Lipinski definition) is 3. The Kier molecular flexibility index (Phi) is 5.41. The van der Waals surface area contributed by atoms with Crippen molar-refractivity contribution in [2.45, 2.75) is 33.2 Å². The number of nitrogens with one attached hydrogen (secondary N) is 1. The summed E-state index contributed by atoms with van der Waals surface area (Å²) in [5.74, 6) is 0.493. The van der Waals surface area contributed by atoms with Gasteiger partial charge in [0.15, 0.2) is 0 Å². The highest BCUT2D eigenvalue weighted by Crippen LogP contribution is 2.27. The largest absolute Gasteiger partial charge is 0.492 e. The molecule has 1 unspecified atom stereocenters. The summed E-state index contributed by atoms with van der Waals surface area (Å²) in [5.41, 5.74) is 1.05. The van der Waals surface area contributed by atoms with Crippen molar-refractivity contribution in [1.82, 2.24) is 10.2 Å². The van der Waals surface area contributed by atoms with Crippen LogP contribution >= 0.6 is 0 Å². The monoisotopic (exact) mass is 304 g/mol. The molecule has 0 radical (unpaired) electrons. The summed E-state index contributed by atoms with van der Waals surface area (Å²) in [6, 6.07) is 7.85. The summed E-state index contributed by atoms with van der Waals surface area (Å²) in [7, 11) is 0. The van der Waals surface area contributed by atoms with Crippen molar-refractivity contribution in [3.63, 3.8) is 0 Å². The lowest BCUT2D eigenvalue weighted by atomic mass is 9.95. The Morgan fingerprint density at radius 2 is 2.09 bits per heavy atom. The van der Waals surface area contributed by atoms with E-state index in [1.165, 1.54) is 0 Å². The van der Waals surface area contributed by atoms with E-state index in [2.05, 4.69) is 5.32 Å². The third-order valence-electron chi connectivity index (χ3n) is 3.71. The zero-order valence-electron chi connectivity index (χ0n) is 13.5. The maximum atomic E-state index is 12.6. The number of benzene rings is 1. The van der Waals surface area contributed by atoms with E-state index in [0.717, 1.165) is 11.3 Å². The number of likely N-dealkylation sites (N-methyl/N-ethyl adjacent to an activating group) is 1. The van der Waals surface area contributed by atoms with Gasteiger partial charge in [-0.15, -0.1) is 0 Å². The Morgan fingerprint density at radius 1 is 1.36 bits per heavy atom. The fraction of sp³-hybridized carbons (Fsp3) is 0.529. The van der Waals surface area contributed by atoms with E-state index < -0.39 is 0 Å². The number of para-hydroxylation sites is 1. The first-order valence-corrected chi connectivity index (χ1v) is 7.80. The minimum Gasteiger partial charge on any atom is -0.492 e. The molecule has 1 aromatic rings. The zero-order valence-corrected chi connectivity index (χ0v) is 13.5. The van der Waals surface area contributed by atoms with Gasteiger partial charge in [-0.05, 0) is 38.8 Å². The highest BCUT2D eigenvalue weighted by atomic mass is 16.5. The van der Waals surface area contributed by atoms with Crippen LogP contribution in [0.3, 0.4) is 0 Å². The van der Waals surface area contributed by atoms with Gasteiger partial charge in [0.25, 0.3) is 0 Å². The molecule has 0 aromatic heterocycles. The van der Waals surface area contributed by atoms with Crippen LogP contribution in [0.5, 0.6) is 5.75 Å². The van der Waals surface area contributed by atoms with Crippen LogP contribution in [-0.4, -0.2) is 42.5 Å². The van der Waals surface area contributed by atoms with E-state index in [1.54, 1.807) is 4.90 Å². The number of rotatable bonds is 5. The summed E-state index contributed by atoms with van der Waals surface area (Å²) in [4.78, 5) is 26.1. The van der Waals surface area contributed by atoms with Gasteiger partial charge in [0.05, 0.1) is 12.5 Å². The highest BCUT2D eigenvalue weighted by Gasteiger charge is 2.29. The van der Waals surface area contributed by atoms with Gasteiger partial charge >= 0.3 is 0 Å². The third kappa shape index (κ3) is 4.00. The molecule has 1 N–H and O–H groups in total. The molecule has 120 valence electrons. The van der Waals surface area contributed by atoms with Crippen LogP contribution in [0.1, 0.15) is 26.3 Å². The molecule has 2 rings (SSSR count). The first-order valence-electron chi connectivity index (χ1n) is 7.80. The molecule has 0 fully saturated rings. The summed E-state index contributed by atoms with van der Waals surface area (Å²) in [6.45, 7) is 6.69.